The van der Waals surface area contributed by atoms with E-state index < -0.39 is 10.0 Å². The molecule has 0 aliphatic heterocycles. The summed E-state index contributed by atoms with van der Waals surface area (Å²) in [6.45, 7) is 0. The molecule has 1 amide bonds. The molecular weight excluding hydrogens is 360 g/mol. The van der Waals surface area contributed by atoms with Crippen LogP contribution in [0.15, 0.2) is 64.9 Å². The first kappa shape index (κ1) is 17.1. The first-order valence-electron chi connectivity index (χ1n) is 7.14. The Morgan fingerprint density at radius 2 is 1.68 bits per heavy atom. The number of anilines is 3. The van der Waals surface area contributed by atoms with Gasteiger partial charge in [0.1, 0.15) is 5.69 Å². The number of rotatable bonds is 5. The number of sulfonamides is 1. The summed E-state index contributed by atoms with van der Waals surface area (Å²) in [4.78, 5) is 16.4. The third-order valence-corrected chi connectivity index (χ3v) is 4.89. The van der Waals surface area contributed by atoms with Crippen LogP contribution in [0.2, 0.25) is 0 Å². The quantitative estimate of drug-likeness (QED) is 0.635. The fraction of sp³-hybridized carbons (Fsp3) is 0. The van der Waals surface area contributed by atoms with Crippen LogP contribution in [0.3, 0.4) is 0 Å². The molecule has 0 saturated carbocycles. The number of hydrogen-bond donors (Lipinski definition) is 3. The monoisotopic (exact) mass is 374 g/mol. The maximum absolute atomic E-state index is 12.2. The summed E-state index contributed by atoms with van der Waals surface area (Å²) in [6.07, 6.45) is 0. The van der Waals surface area contributed by atoms with Crippen LogP contribution in [0.5, 0.6) is 0 Å². The van der Waals surface area contributed by atoms with Crippen molar-refractivity contribution in [1.29, 1.82) is 0 Å². The zero-order chi connectivity index (χ0) is 17.9. The number of nitrogens with two attached hydrogens (primary N) is 1. The van der Waals surface area contributed by atoms with Crippen LogP contribution < -0.4 is 15.8 Å². The van der Waals surface area contributed by atoms with Gasteiger partial charge in [0.15, 0.2) is 5.13 Å². The summed E-state index contributed by atoms with van der Waals surface area (Å²) in [7, 11) is -3.76. The highest BCUT2D eigenvalue weighted by molar-refractivity contribution is 7.89. The Kier molecular flexibility index (Phi) is 4.79. The van der Waals surface area contributed by atoms with Crippen molar-refractivity contribution in [2.24, 2.45) is 5.14 Å². The number of nitrogens with one attached hydrogen (secondary N) is 2. The SMILES string of the molecule is NS(=O)(=O)c1ccc(NC(=O)c2csc(Nc3ccccc3)n2)cc1. The lowest BCUT2D eigenvalue weighted by molar-refractivity contribution is 0.102. The highest BCUT2D eigenvalue weighted by atomic mass is 32.2. The molecule has 0 atom stereocenters. The van der Waals surface area contributed by atoms with Crippen molar-refractivity contribution in [2.45, 2.75) is 4.90 Å². The van der Waals surface area contributed by atoms with Crippen LogP contribution in [0, 0.1) is 0 Å². The zero-order valence-electron chi connectivity index (χ0n) is 12.8. The highest BCUT2D eigenvalue weighted by Crippen LogP contribution is 2.21. The Hall–Kier alpha value is -2.75. The van der Waals surface area contributed by atoms with Gasteiger partial charge < -0.3 is 10.6 Å². The van der Waals surface area contributed by atoms with E-state index in [-0.39, 0.29) is 16.5 Å². The van der Waals surface area contributed by atoms with Gasteiger partial charge in [0, 0.05) is 16.8 Å². The lowest BCUT2D eigenvalue weighted by Gasteiger charge is -2.04. The normalized spacial score (nSPS) is 11.1. The van der Waals surface area contributed by atoms with Crippen molar-refractivity contribution < 1.29 is 13.2 Å². The molecule has 0 aliphatic rings. The summed E-state index contributed by atoms with van der Waals surface area (Å²) < 4.78 is 22.4. The number of carbonyl (C=O) groups is 1. The van der Waals surface area contributed by atoms with Gasteiger partial charge in [0.05, 0.1) is 4.90 Å². The lowest BCUT2D eigenvalue weighted by Crippen LogP contribution is -2.14. The number of amides is 1. The van der Waals surface area contributed by atoms with E-state index in [9.17, 15) is 13.2 Å². The number of nitrogens with zero attached hydrogens (tertiary/aromatic N) is 1. The molecule has 0 bridgehead atoms. The predicted molar refractivity (Wildman–Crippen MR) is 97.6 cm³/mol. The van der Waals surface area contributed by atoms with Gasteiger partial charge in [-0.2, -0.15) is 0 Å². The Morgan fingerprint density at radius 1 is 1.00 bits per heavy atom. The first-order chi connectivity index (χ1) is 11.9. The standard InChI is InChI=1S/C16H14N4O3S2/c17-25(22,23)13-8-6-12(7-9-13)18-15(21)14-10-24-16(20-14)19-11-4-2-1-3-5-11/h1-10H,(H,18,21)(H,19,20)(H2,17,22,23). The van der Waals surface area contributed by atoms with Gasteiger partial charge in [-0.3, -0.25) is 4.79 Å². The third-order valence-electron chi connectivity index (χ3n) is 3.20. The molecule has 3 aromatic rings. The van der Waals surface area contributed by atoms with Crippen molar-refractivity contribution >= 4 is 43.8 Å². The molecule has 7 nitrogen and oxygen atoms in total. The molecule has 0 unspecified atom stereocenters. The fourth-order valence-corrected chi connectivity index (χ4v) is 3.23. The highest BCUT2D eigenvalue weighted by Gasteiger charge is 2.12. The van der Waals surface area contributed by atoms with Crippen molar-refractivity contribution in [3.63, 3.8) is 0 Å². The van der Waals surface area contributed by atoms with Crippen LogP contribution in [0.1, 0.15) is 10.5 Å². The maximum Gasteiger partial charge on any atom is 0.275 e. The van der Waals surface area contributed by atoms with Gasteiger partial charge in [0.25, 0.3) is 5.91 Å². The number of aromatic nitrogens is 1. The van der Waals surface area contributed by atoms with Crippen LogP contribution >= 0.6 is 11.3 Å². The van der Waals surface area contributed by atoms with Crippen molar-refractivity contribution in [1.82, 2.24) is 4.98 Å². The van der Waals surface area contributed by atoms with Crippen LogP contribution in [0.25, 0.3) is 0 Å². The van der Waals surface area contributed by atoms with E-state index >= 15 is 0 Å². The minimum absolute atomic E-state index is 0.0199. The fourth-order valence-electron chi connectivity index (χ4n) is 2.00. The second-order valence-electron chi connectivity index (χ2n) is 5.05. The Morgan fingerprint density at radius 3 is 2.32 bits per heavy atom. The summed E-state index contributed by atoms with van der Waals surface area (Å²) in [5.41, 5.74) is 1.59. The average molecular weight is 374 g/mol. The molecule has 0 aliphatic carbocycles. The molecule has 0 fully saturated rings. The maximum atomic E-state index is 12.2. The van der Waals surface area contributed by atoms with Crippen LogP contribution in [-0.2, 0) is 10.0 Å². The summed E-state index contributed by atoms with van der Waals surface area (Å²) in [5, 5.41) is 13.0. The number of carbonyl (C=O) groups excluding carboxylic acids is 1. The van der Waals surface area contributed by atoms with Gasteiger partial charge in [-0.1, -0.05) is 18.2 Å². The third kappa shape index (κ3) is 4.41. The number of benzene rings is 2. The van der Waals surface area contributed by atoms with E-state index in [1.807, 2.05) is 30.3 Å². The van der Waals surface area contributed by atoms with Crippen molar-refractivity contribution in [3.05, 3.63) is 65.7 Å². The predicted octanol–water partition coefficient (Wildman–Crippen LogP) is 2.79. The molecule has 128 valence electrons. The van der Waals surface area contributed by atoms with E-state index in [1.165, 1.54) is 35.6 Å². The molecule has 3 rings (SSSR count). The Balaban J connectivity index is 1.67. The number of para-hydroxylation sites is 1. The lowest BCUT2D eigenvalue weighted by atomic mass is 10.3. The molecule has 1 aromatic heterocycles. The van der Waals surface area contributed by atoms with E-state index in [4.69, 9.17) is 5.14 Å². The molecule has 25 heavy (non-hydrogen) atoms. The summed E-state index contributed by atoms with van der Waals surface area (Å²) in [6, 6.07) is 15.1. The van der Waals surface area contributed by atoms with Crippen molar-refractivity contribution in [3.8, 4) is 0 Å². The van der Waals surface area contributed by atoms with E-state index in [1.54, 1.807) is 5.38 Å². The van der Waals surface area contributed by atoms with E-state index in [0.29, 0.717) is 10.8 Å². The number of primary sulfonamides is 1. The average Bonchev–Trinajstić information content (AvgIpc) is 3.04. The number of thiazole rings is 1. The van der Waals surface area contributed by atoms with Gasteiger partial charge in [0.2, 0.25) is 10.0 Å². The molecule has 0 saturated heterocycles. The first-order valence-corrected chi connectivity index (χ1v) is 9.56. The van der Waals surface area contributed by atoms with Gasteiger partial charge >= 0.3 is 0 Å². The summed E-state index contributed by atoms with van der Waals surface area (Å²) in [5.74, 6) is -0.388. The molecule has 9 heteroatoms. The molecule has 2 aromatic carbocycles. The molecular formula is C16H14N4O3S2. The van der Waals surface area contributed by atoms with E-state index in [0.717, 1.165) is 5.69 Å². The smallest absolute Gasteiger partial charge is 0.275 e. The van der Waals surface area contributed by atoms with E-state index in [2.05, 4.69) is 15.6 Å². The second-order valence-corrected chi connectivity index (χ2v) is 7.47. The Labute approximate surface area is 148 Å². The second kappa shape index (κ2) is 7.01. The number of hydrogen-bond acceptors (Lipinski definition) is 6. The van der Waals surface area contributed by atoms with Crippen LogP contribution in [0.4, 0.5) is 16.5 Å². The minimum atomic E-state index is -3.76. The van der Waals surface area contributed by atoms with Crippen LogP contribution in [-0.4, -0.2) is 19.3 Å². The summed E-state index contributed by atoms with van der Waals surface area (Å²) >= 11 is 1.31. The van der Waals surface area contributed by atoms with Crippen molar-refractivity contribution in [2.75, 3.05) is 10.6 Å². The Bertz CT molecular complexity index is 984. The van der Waals surface area contributed by atoms with Gasteiger partial charge in [-0.25, -0.2) is 18.5 Å². The minimum Gasteiger partial charge on any atom is -0.332 e. The molecule has 1 heterocycles. The topological polar surface area (TPSA) is 114 Å². The molecule has 0 radical (unpaired) electrons. The molecule has 4 N–H and O–H groups in total. The largest absolute Gasteiger partial charge is 0.332 e. The van der Waals surface area contributed by atoms with Gasteiger partial charge in [-0.05, 0) is 36.4 Å². The molecule has 0 spiro atoms. The van der Waals surface area contributed by atoms with Gasteiger partial charge in [-0.15, -0.1) is 11.3 Å². The zero-order valence-corrected chi connectivity index (χ0v) is 14.5.